The molecule has 0 aliphatic rings. The Bertz CT molecular complexity index is 1160. The Morgan fingerprint density at radius 2 is 1.09 bits per heavy atom. The lowest BCUT2D eigenvalue weighted by Crippen LogP contribution is -2.03. The van der Waals surface area contributed by atoms with Gasteiger partial charge in [-0.2, -0.15) is 0 Å². The second kappa shape index (κ2) is 21.2. The molecule has 5 heteroatoms. The van der Waals surface area contributed by atoms with Gasteiger partial charge >= 0.3 is 0 Å². The summed E-state index contributed by atoms with van der Waals surface area (Å²) in [5.74, 6) is 1.12. The van der Waals surface area contributed by atoms with Gasteiger partial charge in [-0.05, 0) is 61.9 Å². The molecule has 0 bridgehead atoms. The lowest BCUT2D eigenvalue weighted by molar-refractivity contribution is 0.340. The first-order valence-electron chi connectivity index (χ1n) is 18.0. The second-order valence-electron chi connectivity index (χ2n) is 12.6. The average Bonchev–Trinajstić information content (AvgIpc) is 3.43. The van der Waals surface area contributed by atoms with E-state index in [2.05, 4.69) is 26.0 Å². The lowest BCUT2D eigenvalue weighted by Gasteiger charge is -2.13. The third kappa shape index (κ3) is 12.9. The molecule has 0 saturated heterocycles. The summed E-state index contributed by atoms with van der Waals surface area (Å²) in [6, 6.07) is 10.2. The molecule has 1 aromatic heterocycles. The Hall–Kier alpha value is -2.56. The zero-order chi connectivity index (χ0) is 30.5. The summed E-state index contributed by atoms with van der Waals surface area (Å²) < 4.78 is 5.67. The largest absolute Gasteiger partial charge is 0.505 e. The van der Waals surface area contributed by atoms with E-state index in [1.54, 1.807) is 4.80 Å². The Labute approximate surface area is 262 Å². The van der Waals surface area contributed by atoms with Crippen LogP contribution in [-0.4, -0.2) is 26.7 Å². The minimum Gasteiger partial charge on any atom is -0.505 e. The van der Waals surface area contributed by atoms with Crippen LogP contribution in [0.25, 0.3) is 16.7 Å². The van der Waals surface area contributed by atoms with Crippen LogP contribution in [0.5, 0.6) is 11.5 Å². The molecule has 5 nitrogen and oxygen atoms in total. The maximum absolute atomic E-state index is 11.4. The smallest absolute Gasteiger partial charge is 0.146 e. The molecule has 0 aliphatic heterocycles. The number of phenolic OH excluding ortho intramolecular Hbond substituents is 1. The van der Waals surface area contributed by atoms with E-state index in [1.807, 2.05) is 25.1 Å². The number of hydrogen-bond donors (Lipinski definition) is 1. The summed E-state index contributed by atoms with van der Waals surface area (Å²) in [5.41, 5.74) is 4.60. The van der Waals surface area contributed by atoms with Gasteiger partial charge in [0.25, 0.3) is 0 Å². The van der Waals surface area contributed by atoms with Gasteiger partial charge < -0.3 is 9.84 Å². The fraction of sp³-hybridized carbons (Fsp3) is 0.684. The number of hydrogen-bond acceptors (Lipinski definition) is 4. The highest BCUT2D eigenvalue weighted by Crippen LogP contribution is 2.31. The van der Waals surface area contributed by atoms with Gasteiger partial charge in [-0.1, -0.05) is 135 Å². The van der Waals surface area contributed by atoms with Crippen molar-refractivity contribution in [2.24, 2.45) is 0 Å². The van der Waals surface area contributed by atoms with E-state index in [9.17, 15) is 5.11 Å². The van der Waals surface area contributed by atoms with Crippen LogP contribution in [0.1, 0.15) is 160 Å². The van der Waals surface area contributed by atoms with Crippen LogP contribution in [0.2, 0.25) is 0 Å². The van der Waals surface area contributed by atoms with Crippen molar-refractivity contribution in [3.63, 3.8) is 0 Å². The topological polar surface area (TPSA) is 60.2 Å². The van der Waals surface area contributed by atoms with Crippen LogP contribution in [-0.2, 0) is 12.8 Å². The average molecular weight is 592 g/mol. The third-order valence-corrected chi connectivity index (χ3v) is 8.73. The molecule has 0 atom stereocenters. The normalized spacial score (nSPS) is 11.5. The number of nitrogens with zero attached hydrogens (tertiary/aromatic N) is 3. The number of benzene rings is 2. The molecule has 0 aliphatic carbocycles. The number of fused-ring (bicyclic) bond motifs is 1. The van der Waals surface area contributed by atoms with E-state index in [-0.39, 0.29) is 0 Å². The van der Waals surface area contributed by atoms with Gasteiger partial charge in [-0.15, -0.1) is 15.0 Å². The van der Waals surface area contributed by atoms with Gasteiger partial charge in [0.1, 0.15) is 28.2 Å². The van der Waals surface area contributed by atoms with Crippen molar-refractivity contribution >= 4 is 11.0 Å². The van der Waals surface area contributed by atoms with E-state index in [0.717, 1.165) is 41.6 Å². The van der Waals surface area contributed by atoms with E-state index < -0.39 is 0 Å². The molecule has 0 amide bonds. The highest BCUT2D eigenvalue weighted by Gasteiger charge is 2.15. The quantitative estimate of drug-likeness (QED) is 0.0996. The van der Waals surface area contributed by atoms with Crippen LogP contribution in [0.15, 0.2) is 30.3 Å². The van der Waals surface area contributed by atoms with E-state index >= 15 is 0 Å². The fourth-order valence-electron chi connectivity index (χ4n) is 6.11. The summed E-state index contributed by atoms with van der Waals surface area (Å²) >= 11 is 0. The number of aromatic nitrogens is 3. The van der Waals surface area contributed by atoms with Crippen LogP contribution >= 0.6 is 0 Å². The molecule has 240 valence electrons. The van der Waals surface area contributed by atoms with E-state index in [0.29, 0.717) is 18.0 Å². The summed E-state index contributed by atoms with van der Waals surface area (Å²) in [6.07, 6.45) is 28.5. The number of rotatable bonds is 25. The summed E-state index contributed by atoms with van der Waals surface area (Å²) in [5, 5.41) is 20.9. The molecule has 2 aromatic carbocycles. The monoisotopic (exact) mass is 591 g/mol. The van der Waals surface area contributed by atoms with Crippen molar-refractivity contribution in [3.8, 4) is 17.2 Å². The van der Waals surface area contributed by atoms with Crippen LogP contribution in [0.4, 0.5) is 0 Å². The first kappa shape index (κ1) is 34.9. The molecule has 1 N–H and O–H groups in total. The lowest BCUT2D eigenvalue weighted by atomic mass is 9.98. The van der Waals surface area contributed by atoms with Gasteiger partial charge in [-0.3, -0.25) is 0 Å². The Kier molecular flexibility index (Phi) is 17.2. The predicted molar refractivity (Wildman–Crippen MR) is 183 cm³/mol. The molecule has 3 aromatic rings. The summed E-state index contributed by atoms with van der Waals surface area (Å²) in [4.78, 5) is 1.62. The highest BCUT2D eigenvalue weighted by molar-refractivity contribution is 5.76. The van der Waals surface area contributed by atoms with Crippen LogP contribution in [0.3, 0.4) is 0 Å². The van der Waals surface area contributed by atoms with Crippen molar-refractivity contribution < 1.29 is 9.84 Å². The first-order valence-corrected chi connectivity index (χ1v) is 18.0. The summed E-state index contributed by atoms with van der Waals surface area (Å²) in [6.45, 7) is 7.16. The zero-order valence-corrected chi connectivity index (χ0v) is 27.8. The molecule has 0 spiro atoms. The van der Waals surface area contributed by atoms with Crippen molar-refractivity contribution in [3.05, 3.63) is 41.5 Å². The SMILES string of the molecule is CCCCCCCCCCCCc1cc(CCCCCCCCCCCC)c(O)c(-n2nc3ccc(OCC)cc3n2)c1. The van der Waals surface area contributed by atoms with Crippen molar-refractivity contribution in [1.29, 1.82) is 0 Å². The highest BCUT2D eigenvalue weighted by atomic mass is 16.5. The zero-order valence-electron chi connectivity index (χ0n) is 27.8. The Morgan fingerprint density at radius 1 is 0.581 bits per heavy atom. The third-order valence-electron chi connectivity index (χ3n) is 8.73. The first-order chi connectivity index (χ1) is 21.2. The van der Waals surface area contributed by atoms with Crippen molar-refractivity contribution in [2.45, 2.75) is 162 Å². The molecule has 3 rings (SSSR count). The van der Waals surface area contributed by atoms with Gasteiger partial charge in [0.2, 0.25) is 0 Å². The van der Waals surface area contributed by atoms with Gasteiger partial charge in [0.15, 0.2) is 0 Å². The molecular formula is C38H61N3O2. The molecule has 1 heterocycles. The van der Waals surface area contributed by atoms with Gasteiger partial charge in [0.05, 0.1) is 6.61 Å². The maximum atomic E-state index is 11.4. The maximum Gasteiger partial charge on any atom is 0.146 e. The van der Waals surface area contributed by atoms with Gasteiger partial charge in [0, 0.05) is 6.07 Å². The van der Waals surface area contributed by atoms with Crippen molar-refractivity contribution in [1.82, 2.24) is 15.0 Å². The number of aryl methyl sites for hydroxylation is 2. The fourth-order valence-corrected chi connectivity index (χ4v) is 6.11. The number of ether oxygens (including phenoxy) is 1. The molecule has 0 radical (unpaired) electrons. The minimum atomic E-state index is 0.327. The molecular weight excluding hydrogens is 530 g/mol. The second-order valence-corrected chi connectivity index (χ2v) is 12.6. The number of unbranched alkanes of at least 4 members (excludes halogenated alkanes) is 18. The predicted octanol–water partition coefficient (Wildman–Crippen LogP) is 11.5. The van der Waals surface area contributed by atoms with E-state index in [4.69, 9.17) is 14.9 Å². The van der Waals surface area contributed by atoms with Crippen LogP contribution < -0.4 is 4.74 Å². The molecule has 0 unspecified atom stereocenters. The molecule has 0 fully saturated rings. The Balaban J connectivity index is 1.59. The van der Waals surface area contributed by atoms with Crippen molar-refractivity contribution in [2.75, 3.05) is 6.61 Å². The summed E-state index contributed by atoms with van der Waals surface area (Å²) in [7, 11) is 0. The Morgan fingerprint density at radius 3 is 1.65 bits per heavy atom. The minimum absolute atomic E-state index is 0.327. The van der Waals surface area contributed by atoms with Crippen LogP contribution in [0, 0.1) is 0 Å². The number of aromatic hydroxyl groups is 1. The molecule has 0 saturated carbocycles. The standard InChI is InChI=1S/C38H61N3O2/c1-4-7-9-11-13-15-17-19-21-23-25-32-29-33(26-24-22-20-18-16-14-12-10-8-5-2)38(42)37(30-32)41-39-35-28-27-34(43-6-3)31-36(35)40-41/h27-31,42H,4-26H2,1-3H3. The number of phenols is 1. The van der Waals surface area contributed by atoms with Gasteiger partial charge in [-0.25, -0.2) is 0 Å². The molecule has 43 heavy (non-hydrogen) atoms. The van der Waals surface area contributed by atoms with E-state index in [1.165, 1.54) is 128 Å².